The highest BCUT2D eigenvalue weighted by Crippen LogP contribution is 2.42. The molecule has 0 heterocycles. The van der Waals surface area contributed by atoms with Crippen LogP contribution in [0.15, 0.2) is 0 Å². The van der Waals surface area contributed by atoms with E-state index < -0.39 is 0 Å². The van der Waals surface area contributed by atoms with Crippen molar-refractivity contribution < 1.29 is 9.84 Å². The van der Waals surface area contributed by atoms with Crippen molar-refractivity contribution in [1.82, 2.24) is 5.32 Å². The molecule has 3 unspecified atom stereocenters. The van der Waals surface area contributed by atoms with Gasteiger partial charge in [0, 0.05) is 24.7 Å². The fourth-order valence-corrected chi connectivity index (χ4v) is 2.38. The summed E-state index contributed by atoms with van der Waals surface area (Å²) in [6.45, 7) is 10.9. The molecule has 1 aliphatic rings. The van der Waals surface area contributed by atoms with Gasteiger partial charge in [-0.25, -0.2) is 0 Å². The van der Waals surface area contributed by atoms with Crippen molar-refractivity contribution in [3.63, 3.8) is 0 Å². The Morgan fingerprint density at radius 2 is 2.19 bits per heavy atom. The molecule has 0 aromatic heterocycles. The summed E-state index contributed by atoms with van der Waals surface area (Å²) in [7, 11) is 0. The zero-order valence-corrected chi connectivity index (χ0v) is 11.1. The predicted molar refractivity (Wildman–Crippen MR) is 66.5 cm³/mol. The molecule has 0 spiro atoms. The van der Waals surface area contributed by atoms with Crippen LogP contribution in [0.4, 0.5) is 0 Å². The zero-order valence-electron chi connectivity index (χ0n) is 11.1. The van der Waals surface area contributed by atoms with E-state index in [9.17, 15) is 0 Å². The van der Waals surface area contributed by atoms with Gasteiger partial charge in [0.2, 0.25) is 0 Å². The Hall–Kier alpha value is -0.120. The first kappa shape index (κ1) is 13.9. The van der Waals surface area contributed by atoms with Gasteiger partial charge in [-0.1, -0.05) is 20.8 Å². The molecule has 0 aromatic carbocycles. The normalized spacial score (nSPS) is 29.8. The second-order valence-electron chi connectivity index (χ2n) is 5.58. The van der Waals surface area contributed by atoms with Crippen LogP contribution < -0.4 is 5.32 Å². The Morgan fingerprint density at radius 1 is 1.50 bits per heavy atom. The maximum atomic E-state index is 8.84. The summed E-state index contributed by atoms with van der Waals surface area (Å²) >= 11 is 0. The standard InChI is InChI=1S/C13H27NO2/c1-5-16-12-8-11(13(12,3)4)14-9-10(2)6-7-15/h10-12,14-15H,5-9H2,1-4H3. The molecule has 16 heavy (non-hydrogen) atoms. The Balaban J connectivity index is 2.25. The third-order valence-corrected chi connectivity index (χ3v) is 3.88. The van der Waals surface area contributed by atoms with Crippen molar-refractivity contribution in [3.8, 4) is 0 Å². The van der Waals surface area contributed by atoms with Crippen molar-refractivity contribution in [3.05, 3.63) is 0 Å². The van der Waals surface area contributed by atoms with Gasteiger partial charge in [-0.15, -0.1) is 0 Å². The van der Waals surface area contributed by atoms with Gasteiger partial charge in [0.1, 0.15) is 0 Å². The monoisotopic (exact) mass is 229 g/mol. The molecule has 0 amide bonds. The molecule has 0 bridgehead atoms. The molecule has 2 N–H and O–H groups in total. The van der Waals surface area contributed by atoms with E-state index in [0.717, 1.165) is 26.0 Å². The lowest BCUT2D eigenvalue weighted by atomic mass is 9.64. The molecule has 1 fully saturated rings. The lowest BCUT2D eigenvalue weighted by Gasteiger charge is -2.52. The predicted octanol–water partition coefficient (Wildman–Crippen LogP) is 1.80. The highest BCUT2D eigenvalue weighted by molar-refractivity contribution is 5.02. The van der Waals surface area contributed by atoms with E-state index in [0.29, 0.717) is 24.7 Å². The van der Waals surface area contributed by atoms with Gasteiger partial charge in [-0.2, -0.15) is 0 Å². The first-order valence-corrected chi connectivity index (χ1v) is 6.48. The molecular weight excluding hydrogens is 202 g/mol. The number of hydrogen-bond donors (Lipinski definition) is 2. The minimum absolute atomic E-state index is 0.245. The average molecular weight is 229 g/mol. The van der Waals surface area contributed by atoms with Crippen molar-refractivity contribution >= 4 is 0 Å². The molecule has 1 aliphatic carbocycles. The summed E-state index contributed by atoms with van der Waals surface area (Å²) in [6.07, 6.45) is 2.41. The van der Waals surface area contributed by atoms with Crippen LogP contribution in [0.1, 0.15) is 40.5 Å². The summed E-state index contributed by atoms with van der Waals surface area (Å²) in [6, 6.07) is 0.560. The first-order valence-electron chi connectivity index (χ1n) is 6.48. The van der Waals surface area contributed by atoms with Crippen LogP contribution in [-0.2, 0) is 4.74 Å². The molecule has 3 heteroatoms. The SMILES string of the molecule is CCOC1CC(NCC(C)CCO)C1(C)C. The Kier molecular flexibility index (Phi) is 5.22. The summed E-state index contributed by atoms with van der Waals surface area (Å²) < 4.78 is 5.70. The van der Waals surface area contributed by atoms with E-state index in [4.69, 9.17) is 9.84 Å². The number of aliphatic hydroxyl groups excluding tert-OH is 1. The lowest BCUT2D eigenvalue weighted by Crippen LogP contribution is -2.61. The number of aliphatic hydroxyl groups is 1. The van der Waals surface area contributed by atoms with Crippen molar-refractivity contribution in [2.75, 3.05) is 19.8 Å². The van der Waals surface area contributed by atoms with Crippen molar-refractivity contribution in [2.24, 2.45) is 11.3 Å². The second kappa shape index (κ2) is 5.99. The molecule has 1 saturated carbocycles. The van der Waals surface area contributed by atoms with Gasteiger partial charge in [-0.05, 0) is 32.2 Å². The van der Waals surface area contributed by atoms with Crippen LogP contribution in [0.3, 0.4) is 0 Å². The average Bonchev–Trinajstić information content (AvgIpc) is 2.22. The number of nitrogens with one attached hydrogen (secondary N) is 1. The third-order valence-electron chi connectivity index (χ3n) is 3.88. The third kappa shape index (κ3) is 3.19. The van der Waals surface area contributed by atoms with Crippen LogP contribution in [0, 0.1) is 11.3 Å². The summed E-state index contributed by atoms with van der Waals surface area (Å²) in [5, 5.41) is 12.4. The fraction of sp³-hybridized carbons (Fsp3) is 1.00. The molecule has 1 rings (SSSR count). The number of hydrogen-bond acceptors (Lipinski definition) is 3. The van der Waals surface area contributed by atoms with Crippen LogP contribution in [0.2, 0.25) is 0 Å². The van der Waals surface area contributed by atoms with Crippen molar-refractivity contribution in [1.29, 1.82) is 0 Å². The molecule has 0 aromatic rings. The highest BCUT2D eigenvalue weighted by Gasteiger charge is 2.48. The molecular formula is C13H27NO2. The van der Waals surface area contributed by atoms with Crippen LogP contribution >= 0.6 is 0 Å². The molecule has 96 valence electrons. The van der Waals surface area contributed by atoms with Crippen LogP contribution in [0.25, 0.3) is 0 Å². The molecule has 3 nitrogen and oxygen atoms in total. The fourth-order valence-electron chi connectivity index (χ4n) is 2.38. The van der Waals surface area contributed by atoms with Gasteiger partial charge < -0.3 is 15.2 Å². The largest absolute Gasteiger partial charge is 0.396 e. The molecule has 3 atom stereocenters. The van der Waals surface area contributed by atoms with Gasteiger partial charge in [0.05, 0.1) is 6.10 Å². The van der Waals surface area contributed by atoms with E-state index in [1.54, 1.807) is 0 Å². The highest BCUT2D eigenvalue weighted by atomic mass is 16.5. The first-order chi connectivity index (χ1) is 7.52. The maximum Gasteiger partial charge on any atom is 0.0655 e. The van der Waals surface area contributed by atoms with E-state index in [2.05, 4.69) is 33.0 Å². The van der Waals surface area contributed by atoms with Crippen LogP contribution in [0.5, 0.6) is 0 Å². The summed E-state index contributed by atoms with van der Waals surface area (Å²) in [5.74, 6) is 0.548. The smallest absolute Gasteiger partial charge is 0.0655 e. The molecule has 0 aliphatic heterocycles. The Morgan fingerprint density at radius 3 is 2.69 bits per heavy atom. The van der Waals surface area contributed by atoms with E-state index >= 15 is 0 Å². The minimum atomic E-state index is 0.245. The topological polar surface area (TPSA) is 41.5 Å². The van der Waals surface area contributed by atoms with E-state index in [1.807, 2.05) is 0 Å². The minimum Gasteiger partial charge on any atom is -0.396 e. The Bertz CT molecular complexity index is 206. The van der Waals surface area contributed by atoms with Crippen molar-refractivity contribution in [2.45, 2.75) is 52.7 Å². The second-order valence-corrected chi connectivity index (χ2v) is 5.58. The number of rotatable bonds is 7. The lowest BCUT2D eigenvalue weighted by molar-refractivity contribution is -0.114. The Labute approximate surface area is 99.6 Å². The van der Waals surface area contributed by atoms with E-state index in [-0.39, 0.29) is 5.41 Å². The molecule has 0 radical (unpaired) electrons. The zero-order chi connectivity index (χ0) is 12.2. The summed E-state index contributed by atoms with van der Waals surface area (Å²) in [4.78, 5) is 0. The van der Waals surface area contributed by atoms with Gasteiger partial charge in [0.15, 0.2) is 0 Å². The van der Waals surface area contributed by atoms with E-state index in [1.165, 1.54) is 0 Å². The van der Waals surface area contributed by atoms with Gasteiger partial charge in [-0.3, -0.25) is 0 Å². The van der Waals surface area contributed by atoms with Crippen LogP contribution in [-0.4, -0.2) is 37.0 Å². The maximum absolute atomic E-state index is 8.84. The summed E-state index contributed by atoms with van der Waals surface area (Å²) in [5.41, 5.74) is 0.245. The quantitative estimate of drug-likeness (QED) is 0.699. The van der Waals surface area contributed by atoms with Gasteiger partial charge in [0.25, 0.3) is 0 Å². The molecule has 0 saturated heterocycles. The van der Waals surface area contributed by atoms with Gasteiger partial charge >= 0.3 is 0 Å². The number of ether oxygens (including phenoxy) is 1.